The summed E-state index contributed by atoms with van der Waals surface area (Å²) in [6.45, 7) is -0.629. The van der Waals surface area contributed by atoms with E-state index >= 15 is 0 Å². The lowest BCUT2D eigenvalue weighted by molar-refractivity contribution is -0.137. The minimum absolute atomic E-state index is 0.342. The molecule has 0 atom stereocenters. The second-order valence-electron chi connectivity index (χ2n) is 3.38. The molecule has 1 rings (SSSR count). The van der Waals surface area contributed by atoms with Gasteiger partial charge in [-0.15, -0.1) is 0 Å². The monoisotopic (exact) mass is 316 g/mol. The number of nitrogens with two attached hydrogens (primary N) is 1. The van der Waals surface area contributed by atoms with Gasteiger partial charge in [-0.2, -0.15) is 13.2 Å². The van der Waals surface area contributed by atoms with Crippen molar-refractivity contribution in [2.75, 3.05) is 6.54 Å². The standard InChI is InChI=1S/C9H8ClF3N2O3S/c10-6-2-1-5(9(11,12)13)3-7(6)19(17,18)15-8(16)4-14/h1-3H,4,14H2,(H,15,16). The van der Waals surface area contributed by atoms with Crippen LogP contribution < -0.4 is 10.5 Å². The average molecular weight is 317 g/mol. The van der Waals surface area contributed by atoms with Crippen LogP contribution in [0.25, 0.3) is 0 Å². The lowest BCUT2D eigenvalue weighted by atomic mass is 10.2. The van der Waals surface area contributed by atoms with E-state index in [1.54, 1.807) is 0 Å². The Morgan fingerprint density at radius 3 is 2.42 bits per heavy atom. The van der Waals surface area contributed by atoms with Crippen molar-refractivity contribution < 1.29 is 26.4 Å². The zero-order valence-corrected chi connectivity index (χ0v) is 10.7. The number of hydrogen-bond donors (Lipinski definition) is 2. The predicted octanol–water partition coefficient (Wildman–Crippen LogP) is 1.12. The number of carbonyl (C=O) groups excluding carboxylic acids is 1. The lowest BCUT2D eigenvalue weighted by Crippen LogP contribution is -2.35. The molecule has 1 aromatic rings. The van der Waals surface area contributed by atoms with Gasteiger partial charge < -0.3 is 5.73 Å². The molecule has 0 unspecified atom stereocenters. The van der Waals surface area contributed by atoms with Gasteiger partial charge >= 0.3 is 6.18 Å². The van der Waals surface area contributed by atoms with Crippen molar-refractivity contribution in [1.82, 2.24) is 4.72 Å². The van der Waals surface area contributed by atoms with Crippen LogP contribution in [0.1, 0.15) is 5.56 Å². The maximum Gasteiger partial charge on any atom is 0.416 e. The summed E-state index contributed by atoms with van der Waals surface area (Å²) in [6.07, 6.45) is -4.73. The molecule has 0 aliphatic rings. The van der Waals surface area contributed by atoms with E-state index in [2.05, 4.69) is 0 Å². The van der Waals surface area contributed by atoms with E-state index in [4.69, 9.17) is 17.3 Å². The number of halogens is 4. The highest BCUT2D eigenvalue weighted by molar-refractivity contribution is 7.90. The topological polar surface area (TPSA) is 89.3 Å². The molecule has 3 N–H and O–H groups in total. The Balaban J connectivity index is 3.30. The van der Waals surface area contributed by atoms with Crippen molar-refractivity contribution in [3.05, 3.63) is 28.8 Å². The molecule has 10 heteroatoms. The molecular formula is C9H8ClF3N2O3S. The summed E-state index contributed by atoms with van der Waals surface area (Å²) in [5.41, 5.74) is 3.71. The number of rotatable bonds is 3. The van der Waals surface area contributed by atoms with Crippen LogP contribution in [0.3, 0.4) is 0 Å². The van der Waals surface area contributed by atoms with Gasteiger partial charge in [0, 0.05) is 0 Å². The molecule has 1 amide bonds. The van der Waals surface area contributed by atoms with Gasteiger partial charge in [0.2, 0.25) is 5.91 Å². The van der Waals surface area contributed by atoms with Gasteiger partial charge in [0.05, 0.1) is 17.1 Å². The first kappa shape index (κ1) is 15.7. The predicted molar refractivity (Wildman–Crippen MR) is 60.8 cm³/mol. The minimum atomic E-state index is -4.73. The molecule has 0 radical (unpaired) electrons. The Hall–Kier alpha value is -1.32. The highest BCUT2D eigenvalue weighted by atomic mass is 35.5. The van der Waals surface area contributed by atoms with Gasteiger partial charge in [0.15, 0.2) is 0 Å². The summed E-state index contributed by atoms with van der Waals surface area (Å²) in [5.74, 6) is -1.06. The average Bonchev–Trinajstić information content (AvgIpc) is 2.26. The number of benzene rings is 1. The van der Waals surface area contributed by atoms with Gasteiger partial charge in [-0.1, -0.05) is 11.6 Å². The first-order valence-electron chi connectivity index (χ1n) is 4.70. The van der Waals surface area contributed by atoms with Gasteiger partial charge in [0.1, 0.15) is 4.90 Å². The van der Waals surface area contributed by atoms with Crippen molar-refractivity contribution in [3.8, 4) is 0 Å². The van der Waals surface area contributed by atoms with Crippen LogP contribution in [-0.4, -0.2) is 20.9 Å². The third kappa shape index (κ3) is 3.82. The van der Waals surface area contributed by atoms with Crippen LogP contribution in [0.5, 0.6) is 0 Å². The number of amides is 1. The fourth-order valence-corrected chi connectivity index (χ4v) is 2.65. The summed E-state index contributed by atoms with van der Waals surface area (Å²) in [6, 6.07) is 1.76. The van der Waals surface area contributed by atoms with Crippen molar-refractivity contribution in [1.29, 1.82) is 0 Å². The van der Waals surface area contributed by atoms with Gasteiger partial charge in [-0.25, -0.2) is 13.1 Å². The second kappa shape index (κ2) is 5.35. The summed E-state index contributed by atoms with van der Waals surface area (Å²) in [4.78, 5) is 10.1. The Kier molecular flexibility index (Phi) is 4.43. The summed E-state index contributed by atoms with van der Waals surface area (Å²) < 4.78 is 62.2. The van der Waals surface area contributed by atoms with Crippen LogP contribution in [0.15, 0.2) is 23.1 Å². The molecule has 0 aliphatic carbocycles. The molecule has 106 valence electrons. The van der Waals surface area contributed by atoms with E-state index < -0.39 is 44.1 Å². The Labute approximate surface area is 111 Å². The number of sulfonamides is 1. The Bertz CT molecular complexity index is 601. The zero-order chi connectivity index (χ0) is 14.8. The van der Waals surface area contributed by atoms with Crippen LogP contribution >= 0.6 is 11.6 Å². The third-order valence-electron chi connectivity index (χ3n) is 1.98. The first-order valence-corrected chi connectivity index (χ1v) is 6.56. The smallest absolute Gasteiger partial charge is 0.322 e. The van der Waals surface area contributed by atoms with Crippen LogP contribution in [-0.2, 0) is 21.0 Å². The van der Waals surface area contributed by atoms with E-state index in [9.17, 15) is 26.4 Å². The number of nitrogens with one attached hydrogen (secondary N) is 1. The van der Waals surface area contributed by atoms with Crippen molar-refractivity contribution in [2.24, 2.45) is 5.73 Å². The van der Waals surface area contributed by atoms with E-state index in [0.717, 1.165) is 6.07 Å². The normalized spacial score (nSPS) is 12.3. The van der Waals surface area contributed by atoms with E-state index in [1.807, 2.05) is 0 Å². The molecule has 0 fully saturated rings. The lowest BCUT2D eigenvalue weighted by Gasteiger charge is -2.11. The van der Waals surface area contributed by atoms with Crippen molar-refractivity contribution in [2.45, 2.75) is 11.1 Å². The molecule has 0 bridgehead atoms. The van der Waals surface area contributed by atoms with Crippen molar-refractivity contribution >= 4 is 27.5 Å². The highest BCUT2D eigenvalue weighted by Gasteiger charge is 2.33. The van der Waals surface area contributed by atoms with Gasteiger partial charge in [0.25, 0.3) is 10.0 Å². The first-order chi connectivity index (χ1) is 8.58. The Morgan fingerprint density at radius 1 is 1.37 bits per heavy atom. The molecule has 5 nitrogen and oxygen atoms in total. The van der Waals surface area contributed by atoms with E-state index in [-0.39, 0.29) is 0 Å². The molecule has 0 aliphatic heterocycles. The molecule has 0 heterocycles. The summed E-state index contributed by atoms with van der Waals surface area (Å²) in [7, 11) is -4.50. The zero-order valence-electron chi connectivity index (χ0n) is 9.16. The SMILES string of the molecule is NCC(=O)NS(=O)(=O)c1cc(C(F)(F)F)ccc1Cl. The maximum absolute atomic E-state index is 12.5. The molecule has 19 heavy (non-hydrogen) atoms. The minimum Gasteiger partial charge on any atom is -0.322 e. The fourth-order valence-electron chi connectivity index (χ4n) is 1.13. The largest absolute Gasteiger partial charge is 0.416 e. The van der Waals surface area contributed by atoms with Crippen LogP contribution in [0.2, 0.25) is 5.02 Å². The summed E-state index contributed by atoms with van der Waals surface area (Å²) >= 11 is 5.53. The van der Waals surface area contributed by atoms with Crippen LogP contribution in [0, 0.1) is 0 Å². The summed E-state index contributed by atoms with van der Waals surface area (Å²) in [5, 5.41) is -0.440. The highest BCUT2D eigenvalue weighted by Crippen LogP contribution is 2.33. The number of alkyl halides is 3. The maximum atomic E-state index is 12.5. The number of hydrogen-bond acceptors (Lipinski definition) is 4. The molecule has 0 aromatic heterocycles. The van der Waals surface area contributed by atoms with Gasteiger partial charge in [-0.05, 0) is 18.2 Å². The van der Waals surface area contributed by atoms with Crippen molar-refractivity contribution in [3.63, 3.8) is 0 Å². The van der Waals surface area contributed by atoms with Gasteiger partial charge in [-0.3, -0.25) is 4.79 Å². The molecule has 1 aromatic carbocycles. The number of carbonyl (C=O) groups is 1. The molecule has 0 spiro atoms. The third-order valence-corrected chi connectivity index (χ3v) is 3.84. The van der Waals surface area contributed by atoms with E-state index in [0.29, 0.717) is 12.1 Å². The Morgan fingerprint density at radius 2 is 1.95 bits per heavy atom. The molecule has 0 saturated heterocycles. The molecular weight excluding hydrogens is 309 g/mol. The van der Waals surface area contributed by atoms with E-state index in [1.165, 1.54) is 4.72 Å². The fraction of sp³-hybridized carbons (Fsp3) is 0.222. The quantitative estimate of drug-likeness (QED) is 0.874. The molecule has 0 saturated carbocycles. The second-order valence-corrected chi connectivity index (χ2v) is 5.43. The van der Waals surface area contributed by atoms with Crippen LogP contribution in [0.4, 0.5) is 13.2 Å².